The van der Waals surface area contributed by atoms with Crippen LogP contribution in [0.2, 0.25) is 5.28 Å². The van der Waals surface area contributed by atoms with E-state index in [4.69, 9.17) is 16.3 Å². The van der Waals surface area contributed by atoms with E-state index in [2.05, 4.69) is 27.2 Å². The van der Waals surface area contributed by atoms with Gasteiger partial charge in [0.15, 0.2) is 11.5 Å². The molecule has 5 rings (SSSR count). The van der Waals surface area contributed by atoms with E-state index in [1.54, 1.807) is 15.7 Å². The zero-order valence-corrected chi connectivity index (χ0v) is 19.6. The normalized spacial score (nSPS) is 25.5. The largest absolute Gasteiger partial charge is 0.444 e. The number of likely N-dealkylation sites (tertiary alicyclic amines) is 1. The fourth-order valence-corrected chi connectivity index (χ4v) is 5.03. The third kappa shape index (κ3) is 4.02. The first-order chi connectivity index (χ1) is 15.1. The van der Waals surface area contributed by atoms with E-state index >= 15 is 0 Å². The Kier molecular flexibility index (Phi) is 5.07. The molecule has 3 heterocycles. The Bertz CT molecular complexity index is 1110. The average molecular weight is 461 g/mol. The molecule has 172 valence electrons. The van der Waals surface area contributed by atoms with Crippen molar-refractivity contribution in [1.29, 1.82) is 0 Å². The van der Waals surface area contributed by atoms with Gasteiger partial charge in [-0.05, 0) is 75.8 Å². The van der Waals surface area contributed by atoms with Crippen LogP contribution in [-0.4, -0.2) is 55.7 Å². The number of nitrogens with zero attached hydrogens (tertiary/aromatic N) is 5. The summed E-state index contributed by atoms with van der Waals surface area (Å²) in [6.07, 6.45) is 3.54. The van der Waals surface area contributed by atoms with Crippen LogP contribution in [0.5, 0.6) is 0 Å². The maximum atomic E-state index is 13.3. The number of anilines is 1. The highest BCUT2D eigenvalue weighted by atomic mass is 35.5. The predicted molar refractivity (Wildman–Crippen MR) is 121 cm³/mol. The molecule has 0 bridgehead atoms. The van der Waals surface area contributed by atoms with Gasteiger partial charge in [0, 0.05) is 25.7 Å². The summed E-state index contributed by atoms with van der Waals surface area (Å²) in [5, 5.41) is 3.39. The van der Waals surface area contributed by atoms with Crippen LogP contribution in [-0.2, 0) is 4.74 Å². The standard InChI is InChI=1S/C22H29ClN6O3/c1-11(12-5-6-12)29-18-16(8-25-20(23)27-18)26-17(19(29)30)24-7-13-14-9-28(10-15(13)14)21(31)32-22(2,3)4/h8,11-15H,5-7,9-10H2,1-4H3,(H,24,26)/t11-,13?,14-,15+/m0/s1. The molecule has 1 N–H and O–H groups in total. The van der Waals surface area contributed by atoms with Gasteiger partial charge in [0.1, 0.15) is 11.1 Å². The smallest absolute Gasteiger partial charge is 0.410 e. The number of ether oxygens (including phenoxy) is 1. The van der Waals surface area contributed by atoms with Crippen molar-refractivity contribution in [1.82, 2.24) is 24.4 Å². The molecule has 4 atom stereocenters. The van der Waals surface area contributed by atoms with Gasteiger partial charge in [-0.2, -0.15) is 4.98 Å². The molecular formula is C22H29ClN6O3. The van der Waals surface area contributed by atoms with Gasteiger partial charge in [0.2, 0.25) is 5.28 Å². The van der Waals surface area contributed by atoms with Crippen LogP contribution in [0.3, 0.4) is 0 Å². The molecule has 1 aliphatic heterocycles. The summed E-state index contributed by atoms with van der Waals surface area (Å²) in [5.74, 6) is 2.09. The zero-order chi connectivity index (χ0) is 22.8. The van der Waals surface area contributed by atoms with Crippen LogP contribution >= 0.6 is 11.6 Å². The number of aromatic nitrogens is 4. The van der Waals surface area contributed by atoms with E-state index in [1.807, 2.05) is 20.8 Å². The first-order valence-electron chi connectivity index (χ1n) is 11.3. The molecule has 1 saturated heterocycles. The van der Waals surface area contributed by atoms with Crippen molar-refractivity contribution < 1.29 is 9.53 Å². The van der Waals surface area contributed by atoms with Crippen molar-refractivity contribution in [2.24, 2.45) is 23.7 Å². The summed E-state index contributed by atoms with van der Waals surface area (Å²) in [6, 6.07) is 0.0298. The van der Waals surface area contributed by atoms with E-state index in [1.165, 1.54) is 0 Å². The van der Waals surface area contributed by atoms with Crippen LogP contribution in [0, 0.1) is 23.7 Å². The van der Waals surface area contributed by atoms with Crippen LogP contribution in [0.1, 0.15) is 46.6 Å². The number of carbonyl (C=O) groups excluding carboxylic acids is 1. The van der Waals surface area contributed by atoms with Crippen LogP contribution in [0.25, 0.3) is 11.2 Å². The van der Waals surface area contributed by atoms with E-state index in [9.17, 15) is 9.59 Å². The van der Waals surface area contributed by atoms with E-state index in [0.29, 0.717) is 60.3 Å². The van der Waals surface area contributed by atoms with Gasteiger partial charge in [-0.1, -0.05) is 0 Å². The van der Waals surface area contributed by atoms with Crippen molar-refractivity contribution in [3.05, 3.63) is 21.8 Å². The lowest BCUT2D eigenvalue weighted by Crippen LogP contribution is -2.37. The highest BCUT2D eigenvalue weighted by molar-refractivity contribution is 6.28. The first kappa shape index (κ1) is 21.4. The number of hydrogen-bond acceptors (Lipinski definition) is 7. The number of amides is 1. The third-order valence-electron chi connectivity index (χ3n) is 6.84. The summed E-state index contributed by atoms with van der Waals surface area (Å²) in [4.78, 5) is 40.2. The molecule has 0 aromatic carbocycles. The zero-order valence-electron chi connectivity index (χ0n) is 18.8. The number of hydrogen-bond donors (Lipinski definition) is 1. The van der Waals surface area contributed by atoms with Gasteiger partial charge in [0.05, 0.1) is 6.20 Å². The summed E-state index contributed by atoms with van der Waals surface area (Å²) in [6.45, 7) is 9.73. The Morgan fingerprint density at radius 3 is 2.59 bits per heavy atom. The molecule has 32 heavy (non-hydrogen) atoms. The molecule has 3 aliphatic rings. The highest BCUT2D eigenvalue weighted by Crippen LogP contribution is 2.51. The molecule has 10 heteroatoms. The van der Waals surface area contributed by atoms with Crippen molar-refractivity contribution in [2.45, 2.75) is 52.2 Å². The molecule has 9 nitrogen and oxygen atoms in total. The second kappa shape index (κ2) is 7.57. The van der Waals surface area contributed by atoms with Gasteiger partial charge < -0.3 is 15.0 Å². The Morgan fingerprint density at radius 2 is 1.97 bits per heavy atom. The molecule has 0 radical (unpaired) electrons. The molecule has 1 unspecified atom stereocenters. The SMILES string of the molecule is C[C@@H](C1CC1)n1c(=O)c(NCC2[C@H]3CN(C(=O)OC(C)(C)C)C[C@@H]23)nc2cnc(Cl)nc21. The molecule has 2 aromatic rings. The summed E-state index contributed by atoms with van der Waals surface area (Å²) < 4.78 is 7.19. The van der Waals surface area contributed by atoms with E-state index in [0.717, 1.165) is 12.8 Å². The molecule has 3 fully saturated rings. The van der Waals surface area contributed by atoms with E-state index in [-0.39, 0.29) is 23.0 Å². The minimum atomic E-state index is -0.488. The second-order valence-electron chi connectivity index (χ2n) is 10.3. The van der Waals surface area contributed by atoms with Gasteiger partial charge >= 0.3 is 6.09 Å². The van der Waals surface area contributed by atoms with Crippen molar-refractivity contribution in [3.63, 3.8) is 0 Å². The molecule has 1 amide bonds. The molecule has 2 aliphatic carbocycles. The quantitative estimate of drug-likeness (QED) is 0.682. The lowest BCUT2D eigenvalue weighted by molar-refractivity contribution is 0.0266. The topological polar surface area (TPSA) is 102 Å². The van der Waals surface area contributed by atoms with Crippen LogP contribution in [0.15, 0.2) is 11.0 Å². The number of fused-ring (bicyclic) bond motifs is 2. The van der Waals surface area contributed by atoms with Crippen molar-refractivity contribution >= 4 is 34.7 Å². The number of carbonyl (C=O) groups is 1. The number of nitrogens with one attached hydrogen (secondary N) is 1. The van der Waals surface area contributed by atoms with Gasteiger partial charge in [-0.15, -0.1) is 0 Å². The molecular weight excluding hydrogens is 432 g/mol. The summed E-state index contributed by atoms with van der Waals surface area (Å²) in [5.41, 5.74) is 0.373. The van der Waals surface area contributed by atoms with E-state index < -0.39 is 5.60 Å². The van der Waals surface area contributed by atoms with Crippen molar-refractivity contribution in [3.8, 4) is 0 Å². The Morgan fingerprint density at radius 1 is 1.28 bits per heavy atom. The Labute approximate surface area is 191 Å². The average Bonchev–Trinajstić information content (AvgIpc) is 3.62. The number of piperidine rings is 1. The lowest BCUT2D eigenvalue weighted by Gasteiger charge is -2.26. The minimum absolute atomic E-state index is 0.0298. The van der Waals surface area contributed by atoms with Crippen molar-refractivity contribution in [2.75, 3.05) is 25.0 Å². The number of halogens is 1. The first-order valence-corrected chi connectivity index (χ1v) is 11.7. The third-order valence-corrected chi connectivity index (χ3v) is 7.02. The molecule has 2 saturated carbocycles. The Balaban J connectivity index is 1.28. The highest BCUT2D eigenvalue weighted by Gasteiger charge is 2.56. The monoisotopic (exact) mass is 460 g/mol. The maximum absolute atomic E-state index is 13.3. The fraction of sp³-hybridized carbons (Fsp3) is 0.682. The second-order valence-corrected chi connectivity index (χ2v) is 10.7. The van der Waals surface area contributed by atoms with Crippen LogP contribution < -0.4 is 10.9 Å². The molecule has 2 aromatic heterocycles. The predicted octanol–water partition coefficient (Wildman–Crippen LogP) is 3.34. The van der Waals surface area contributed by atoms with Gasteiger partial charge in [-0.3, -0.25) is 9.36 Å². The van der Waals surface area contributed by atoms with Crippen LogP contribution in [0.4, 0.5) is 10.6 Å². The minimum Gasteiger partial charge on any atom is -0.444 e. The lowest BCUT2D eigenvalue weighted by atomic mass is 10.2. The molecule has 0 spiro atoms. The maximum Gasteiger partial charge on any atom is 0.410 e. The summed E-state index contributed by atoms with van der Waals surface area (Å²) >= 11 is 6.00. The number of rotatable bonds is 5. The van der Waals surface area contributed by atoms with Gasteiger partial charge in [-0.25, -0.2) is 14.8 Å². The Hall–Kier alpha value is -2.42. The fourth-order valence-electron chi connectivity index (χ4n) is 4.91. The van der Waals surface area contributed by atoms with Gasteiger partial charge in [0.25, 0.3) is 5.56 Å². The summed E-state index contributed by atoms with van der Waals surface area (Å²) in [7, 11) is 0.